The number of hydrogen-bond donors (Lipinski definition) is 1. The van der Waals surface area contributed by atoms with E-state index in [2.05, 4.69) is 15.5 Å². The Morgan fingerprint density at radius 1 is 1.30 bits per heavy atom. The maximum atomic E-state index is 12.3. The maximum absolute atomic E-state index is 12.3. The summed E-state index contributed by atoms with van der Waals surface area (Å²) in [5, 5.41) is 7.66. The van der Waals surface area contributed by atoms with E-state index in [0.29, 0.717) is 17.8 Å². The number of fused-ring (bicyclic) bond motifs is 1. The fraction of sp³-hybridized carbons (Fsp3) is 0.235. The fourth-order valence-electron chi connectivity index (χ4n) is 2.29. The van der Waals surface area contributed by atoms with Crippen LogP contribution in [0.3, 0.4) is 0 Å². The van der Waals surface area contributed by atoms with Gasteiger partial charge in [-0.2, -0.15) is 0 Å². The van der Waals surface area contributed by atoms with E-state index in [1.54, 1.807) is 17.8 Å². The number of thioether (sulfide) groups is 1. The highest BCUT2D eigenvalue weighted by Crippen LogP contribution is 2.18. The molecule has 0 saturated carbocycles. The Kier molecular flexibility index (Phi) is 4.62. The van der Waals surface area contributed by atoms with Crippen LogP contribution in [-0.4, -0.2) is 22.3 Å². The van der Waals surface area contributed by atoms with Gasteiger partial charge in [0.1, 0.15) is 0 Å². The van der Waals surface area contributed by atoms with E-state index in [1.807, 2.05) is 37.4 Å². The van der Waals surface area contributed by atoms with Gasteiger partial charge in [-0.05, 0) is 36.4 Å². The lowest BCUT2D eigenvalue weighted by atomic mass is 10.1. The summed E-state index contributed by atoms with van der Waals surface area (Å²) in [6.45, 7) is 2.47. The number of nitrogens with one attached hydrogen (secondary N) is 1. The molecule has 0 bridgehead atoms. The van der Waals surface area contributed by atoms with Crippen LogP contribution in [-0.2, 0) is 13.0 Å². The van der Waals surface area contributed by atoms with E-state index in [-0.39, 0.29) is 5.91 Å². The molecule has 1 N–H and O–H groups in total. The molecular weight excluding hydrogens is 310 g/mol. The first-order valence-electron chi connectivity index (χ1n) is 7.36. The Morgan fingerprint density at radius 2 is 2.09 bits per heavy atom. The molecule has 2 heterocycles. The second-order valence-electron chi connectivity index (χ2n) is 5.09. The van der Waals surface area contributed by atoms with E-state index < -0.39 is 0 Å². The summed E-state index contributed by atoms with van der Waals surface area (Å²) in [5.41, 5.74) is 2.85. The summed E-state index contributed by atoms with van der Waals surface area (Å²) in [6, 6.07) is 9.91. The van der Waals surface area contributed by atoms with Gasteiger partial charge >= 0.3 is 0 Å². The fourth-order valence-corrected chi connectivity index (χ4v) is 2.69. The first-order chi connectivity index (χ1) is 11.2. The molecule has 23 heavy (non-hydrogen) atoms. The first-order valence-corrected chi connectivity index (χ1v) is 8.59. The van der Waals surface area contributed by atoms with Crippen LogP contribution in [0.5, 0.6) is 0 Å². The van der Waals surface area contributed by atoms with E-state index in [9.17, 15) is 4.79 Å². The third-order valence-corrected chi connectivity index (χ3v) is 4.36. The lowest BCUT2D eigenvalue weighted by Gasteiger charge is -2.06. The average Bonchev–Trinajstić information content (AvgIpc) is 3.02. The number of aryl methyl sites for hydroxylation is 1. The van der Waals surface area contributed by atoms with E-state index >= 15 is 0 Å². The zero-order valence-electron chi connectivity index (χ0n) is 13.0. The minimum atomic E-state index is -0.156. The van der Waals surface area contributed by atoms with E-state index in [0.717, 1.165) is 23.1 Å². The number of benzene rings is 1. The molecular formula is C17H17N3O2S. The smallest absolute Gasteiger partial charge is 0.257 e. The predicted octanol–water partition coefficient (Wildman–Crippen LogP) is 3.44. The molecule has 118 valence electrons. The third kappa shape index (κ3) is 3.37. The Bertz CT molecular complexity index is 827. The van der Waals surface area contributed by atoms with Gasteiger partial charge < -0.3 is 9.84 Å². The van der Waals surface area contributed by atoms with Crippen LogP contribution in [0.2, 0.25) is 0 Å². The molecule has 0 atom stereocenters. The normalized spacial score (nSPS) is 10.9. The van der Waals surface area contributed by atoms with Crippen LogP contribution >= 0.6 is 11.8 Å². The largest absolute Gasteiger partial charge is 0.348 e. The van der Waals surface area contributed by atoms with Gasteiger partial charge in [0.05, 0.1) is 16.6 Å². The van der Waals surface area contributed by atoms with Crippen LogP contribution in [0.25, 0.3) is 11.1 Å². The second-order valence-corrected chi connectivity index (χ2v) is 5.97. The van der Waals surface area contributed by atoms with Gasteiger partial charge in [-0.1, -0.05) is 24.2 Å². The lowest BCUT2D eigenvalue weighted by Crippen LogP contribution is -2.22. The van der Waals surface area contributed by atoms with Gasteiger partial charge in [0, 0.05) is 17.6 Å². The molecule has 0 saturated heterocycles. The van der Waals surface area contributed by atoms with Crippen LogP contribution in [0.1, 0.15) is 28.5 Å². The summed E-state index contributed by atoms with van der Waals surface area (Å²) in [6.07, 6.45) is 4.29. The number of carbonyl (C=O) groups excluding carboxylic acids is 1. The molecule has 5 nitrogen and oxygen atoms in total. The van der Waals surface area contributed by atoms with Crippen molar-refractivity contribution in [1.29, 1.82) is 0 Å². The summed E-state index contributed by atoms with van der Waals surface area (Å²) in [5.74, 6) is -0.156. The Balaban J connectivity index is 1.72. The predicted molar refractivity (Wildman–Crippen MR) is 90.6 cm³/mol. The number of carbonyl (C=O) groups is 1. The molecule has 0 aliphatic carbocycles. The van der Waals surface area contributed by atoms with Crippen molar-refractivity contribution >= 4 is 28.8 Å². The standard InChI is InChI=1S/C17H17N3O2S/c1-3-15-14-8-12(10-19-17(14)22-20-15)16(21)18-9-11-4-6-13(23-2)7-5-11/h4-8,10H,3,9H2,1-2H3,(H,18,21). The summed E-state index contributed by atoms with van der Waals surface area (Å²) in [7, 11) is 0. The van der Waals surface area contributed by atoms with Gasteiger partial charge in [-0.3, -0.25) is 4.79 Å². The summed E-state index contributed by atoms with van der Waals surface area (Å²) >= 11 is 1.69. The summed E-state index contributed by atoms with van der Waals surface area (Å²) in [4.78, 5) is 17.7. The van der Waals surface area contributed by atoms with Gasteiger partial charge in [-0.25, -0.2) is 4.98 Å². The van der Waals surface area contributed by atoms with Crippen molar-refractivity contribution in [2.45, 2.75) is 24.8 Å². The van der Waals surface area contributed by atoms with Crippen molar-refractivity contribution < 1.29 is 9.32 Å². The third-order valence-electron chi connectivity index (χ3n) is 3.61. The molecule has 2 aromatic heterocycles. The quantitative estimate of drug-likeness (QED) is 0.727. The van der Waals surface area contributed by atoms with Crippen molar-refractivity contribution in [3.8, 4) is 0 Å². The summed E-state index contributed by atoms with van der Waals surface area (Å²) < 4.78 is 5.13. The van der Waals surface area contributed by atoms with Crippen molar-refractivity contribution in [3.05, 3.63) is 53.3 Å². The Hall–Kier alpha value is -2.34. The monoisotopic (exact) mass is 327 g/mol. The molecule has 6 heteroatoms. The van der Waals surface area contributed by atoms with Crippen molar-refractivity contribution in [3.63, 3.8) is 0 Å². The SMILES string of the molecule is CCc1noc2ncc(C(=O)NCc3ccc(SC)cc3)cc12. The molecule has 0 unspecified atom stereocenters. The molecule has 1 amide bonds. The highest BCUT2D eigenvalue weighted by molar-refractivity contribution is 7.98. The number of amides is 1. The molecule has 0 spiro atoms. The minimum Gasteiger partial charge on any atom is -0.348 e. The highest BCUT2D eigenvalue weighted by Gasteiger charge is 2.12. The second kappa shape index (κ2) is 6.83. The first kappa shape index (κ1) is 15.6. The zero-order chi connectivity index (χ0) is 16.2. The van der Waals surface area contributed by atoms with Crippen LogP contribution in [0.15, 0.2) is 45.9 Å². The molecule has 3 rings (SSSR count). The highest BCUT2D eigenvalue weighted by atomic mass is 32.2. The minimum absolute atomic E-state index is 0.156. The van der Waals surface area contributed by atoms with Crippen LogP contribution in [0.4, 0.5) is 0 Å². The van der Waals surface area contributed by atoms with Gasteiger partial charge in [0.15, 0.2) is 0 Å². The number of rotatable bonds is 5. The molecule has 0 aliphatic heterocycles. The number of nitrogens with zero attached hydrogens (tertiary/aromatic N) is 2. The Labute approximate surface area is 138 Å². The van der Waals surface area contributed by atoms with E-state index in [4.69, 9.17) is 4.52 Å². The molecule has 0 fully saturated rings. The van der Waals surface area contributed by atoms with Gasteiger partial charge in [0.2, 0.25) is 0 Å². The van der Waals surface area contributed by atoms with Crippen molar-refractivity contribution in [2.24, 2.45) is 0 Å². The van der Waals surface area contributed by atoms with Gasteiger partial charge in [0.25, 0.3) is 11.6 Å². The molecule has 1 aromatic carbocycles. The van der Waals surface area contributed by atoms with Crippen LogP contribution in [0, 0.1) is 0 Å². The number of aromatic nitrogens is 2. The zero-order valence-corrected chi connectivity index (χ0v) is 13.8. The van der Waals surface area contributed by atoms with Gasteiger partial charge in [-0.15, -0.1) is 11.8 Å². The number of pyridine rings is 1. The molecule has 0 aliphatic rings. The lowest BCUT2D eigenvalue weighted by molar-refractivity contribution is 0.0950. The van der Waals surface area contributed by atoms with E-state index in [1.165, 1.54) is 11.1 Å². The topological polar surface area (TPSA) is 68.0 Å². The van der Waals surface area contributed by atoms with Crippen molar-refractivity contribution in [2.75, 3.05) is 6.26 Å². The maximum Gasteiger partial charge on any atom is 0.257 e. The van der Waals surface area contributed by atoms with Crippen LogP contribution < -0.4 is 5.32 Å². The molecule has 3 aromatic rings. The molecule has 0 radical (unpaired) electrons. The average molecular weight is 327 g/mol. The Morgan fingerprint density at radius 3 is 2.78 bits per heavy atom. The number of hydrogen-bond acceptors (Lipinski definition) is 5. The van der Waals surface area contributed by atoms with Crippen molar-refractivity contribution in [1.82, 2.24) is 15.5 Å².